The maximum absolute atomic E-state index is 12.3. The second kappa shape index (κ2) is 6.67. The summed E-state index contributed by atoms with van der Waals surface area (Å²) in [6.07, 6.45) is 0.288. The largest absolute Gasteiger partial charge is 0.339 e. The average molecular weight is 324 g/mol. The fourth-order valence-electron chi connectivity index (χ4n) is 2.48. The summed E-state index contributed by atoms with van der Waals surface area (Å²) in [6, 6.07) is 7.35. The number of benzene rings is 1. The first-order valence-corrected chi connectivity index (χ1v) is 7.76. The molecule has 0 aliphatic carbocycles. The predicted octanol–water partition coefficient (Wildman–Crippen LogP) is 1.29. The summed E-state index contributed by atoms with van der Waals surface area (Å²) in [5.41, 5.74) is 5.79. The summed E-state index contributed by atoms with van der Waals surface area (Å²) in [5.74, 6) is -0.0436. The molecular formula is C16H22ClN3O2. The Hall–Kier alpha value is -1.59. The second-order valence-corrected chi connectivity index (χ2v) is 6.57. The van der Waals surface area contributed by atoms with Crippen molar-refractivity contribution < 1.29 is 9.59 Å². The molecule has 0 radical (unpaired) electrons. The number of hydrogen-bond donors (Lipinski definition) is 1. The minimum atomic E-state index is -0.871. The number of nitrogens with two attached hydrogens (primary N) is 1. The molecule has 0 unspecified atom stereocenters. The zero-order chi connectivity index (χ0) is 16.3. The summed E-state index contributed by atoms with van der Waals surface area (Å²) in [7, 11) is 0. The lowest BCUT2D eigenvalue weighted by molar-refractivity contribution is -0.142. The van der Waals surface area contributed by atoms with Gasteiger partial charge in [0.05, 0.1) is 12.0 Å². The van der Waals surface area contributed by atoms with E-state index in [1.165, 1.54) is 0 Å². The van der Waals surface area contributed by atoms with E-state index in [0.717, 1.165) is 5.56 Å². The Balaban J connectivity index is 1.90. The highest BCUT2D eigenvalue weighted by molar-refractivity contribution is 6.31. The first-order valence-electron chi connectivity index (χ1n) is 7.38. The van der Waals surface area contributed by atoms with Crippen molar-refractivity contribution in [3.63, 3.8) is 0 Å². The highest BCUT2D eigenvalue weighted by atomic mass is 35.5. The molecule has 0 bridgehead atoms. The Labute approximate surface area is 136 Å². The molecule has 5 nitrogen and oxygen atoms in total. The third-order valence-electron chi connectivity index (χ3n) is 3.77. The Morgan fingerprint density at radius 2 is 1.68 bits per heavy atom. The maximum Gasteiger partial charge on any atom is 0.242 e. The molecule has 1 fully saturated rings. The molecule has 120 valence electrons. The molecular weight excluding hydrogens is 302 g/mol. The van der Waals surface area contributed by atoms with Crippen molar-refractivity contribution in [2.75, 3.05) is 26.2 Å². The van der Waals surface area contributed by atoms with Crippen LogP contribution in [-0.4, -0.2) is 53.3 Å². The minimum Gasteiger partial charge on any atom is -0.339 e. The monoisotopic (exact) mass is 323 g/mol. The molecule has 1 heterocycles. The van der Waals surface area contributed by atoms with Gasteiger partial charge in [-0.15, -0.1) is 0 Å². The summed E-state index contributed by atoms with van der Waals surface area (Å²) >= 11 is 6.08. The van der Waals surface area contributed by atoms with E-state index in [2.05, 4.69) is 0 Å². The fraction of sp³-hybridized carbons (Fsp3) is 0.500. The fourth-order valence-corrected chi connectivity index (χ4v) is 2.69. The predicted molar refractivity (Wildman–Crippen MR) is 86.6 cm³/mol. The third kappa shape index (κ3) is 3.99. The van der Waals surface area contributed by atoms with Gasteiger partial charge in [-0.05, 0) is 25.5 Å². The van der Waals surface area contributed by atoms with Gasteiger partial charge in [-0.2, -0.15) is 0 Å². The summed E-state index contributed by atoms with van der Waals surface area (Å²) in [4.78, 5) is 27.9. The zero-order valence-electron chi connectivity index (χ0n) is 13.0. The van der Waals surface area contributed by atoms with Crippen LogP contribution in [0.15, 0.2) is 24.3 Å². The minimum absolute atomic E-state index is 0.0345. The first-order chi connectivity index (χ1) is 10.3. The van der Waals surface area contributed by atoms with Crippen LogP contribution in [0.25, 0.3) is 0 Å². The van der Waals surface area contributed by atoms with Crippen LogP contribution in [0.5, 0.6) is 0 Å². The molecule has 1 aromatic rings. The van der Waals surface area contributed by atoms with Gasteiger partial charge in [0.2, 0.25) is 11.8 Å². The topological polar surface area (TPSA) is 66.6 Å². The van der Waals surface area contributed by atoms with Gasteiger partial charge in [-0.3, -0.25) is 9.59 Å². The number of hydrogen-bond acceptors (Lipinski definition) is 3. The van der Waals surface area contributed by atoms with E-state index in [1.54, 1.807) is 29.7 Å². The molecule has 1 aliphatic heterocycles. The van der Waals surface area contributed by atoms with E-state index in [1.807, 2.05) is 18.2 Å². The normalized spacial score (nSPS) is 15.8. The van der Waals surface area contributed by atoms with Crippen LogP contribution >= 0.6 is 11.6 Å². The third-order valence-corrected chi connectivity index (χ3v) is 4.14. The molecule has 1 saturated heterocycles. The number of carbonyl (C=O) groups excluding carboxylic acids is 2. The maximum atomic E-state index is 12.3. The van der Waals surface area contributed by atoms with Gasteiger partial charge in [0.15, 0.2) is 0 Å². The van der Waals surface area contributed by atoms with Crippen molar-refractivity contribution in [1.82, 2.24) is 9.80 Å². The highest BCUT2D eigenvalue weighted by Crippen LogP contribution is 2.17. The van der Waals surface area contributed by atoms with Crippen LogP contribution in [-0.2, 0) is 16.0 Å². The number of amides is 2. The molecule has 2 amide bonds. The summed E-state index contributed by atoms with van der Waals surface area (Å²) in [5, 5.41) is 0.606. The number of halogens is 1. The van der Waals surface area contributed by atoms with E-state index in [-0.39, 0.29) is 18.2 Å². The molecule has 6 heteroatoms. The van der Waals surface area contributed by atoms with Crippen LogP contribution in [0.2, 0.25) is 5.02 Å². The van der Waals surface area contributed by atoms with E-state index in [0.29, 0.717) is 31.2 Å². The average Bonchev–Trinajstić information content (AvgIpc) is 2.48. The van der Waals surface area contributed by atoms with E-state index < -0.39 is 5.54 Å². The van der Waals surface area contributed by atoms with Gasteiger partial charge in [0.25, 0.3) is 0 Å². The molecule has 0 aromatic heterocycles. The molecule has 1 aliphatic rings. The molecule has 2 rings (SSSR count). The second-order valence-electron chi connectivity index (χ2n) is 6.16. The number of nitrogens with zero attached hydrogens (tertiary/aromatic N) is 2. The number of piperazine rings is 1. The van der Waals surface area contributed by atoms with Gasteiger partial charge in [-0.1, -0.05) is 29.8 Å². The SMILES string of the molecule is CC(C)(N)C(=O)N1CCN(C(=O)Cc2ccccc2Cl)CC1. The van der Waals surface area contributed by atoms with Crippen LogP contribution in [0.4, 0.5) is 0 Å². The molecule has 22 heavy (non-hydrogen) atoms. The lowest BCUT2D eigenvalue weighted by atomic mass is 10.0. The van der Waals surface area contributed by atoms with Crippen LogP contribution < -0.4 is 5.73 Å². The van der Waals surface area contributed by atoms with Gasteiger partial charge in [0, 0.05) is 31.2 Å². The standard InChI is InChI=1S/C16H22ClN3O2/c1-16(2,18)15(22)20-9-7-19(8-10-20)14(21)11-12-5-3-4-6-13(12)17/h3-6H,7-11,18H2,1-2H3. The zero-order valence-corrected chi connectivity index (χ0v) is 13.8. The van der Waals surface area contributed by atoms with E-state index in [9.17, 15) is 9.59 Å². The Morgan fingerprint density at radius 1 is 1.14 bits per heavy atom. The van der Waals surface area contributed by atoms with Gasteiger partial charge in [-0.25, -0.2) is 0 Å². The molecule has 2 N–H and O–H groups in total. The summed E-state index contributed by atoms with van der Waals surface area (Å²) < 4.78 is 0. The van der Waals surface area contributed by atoms with Crippen molar-refractivity contribution in [1.29, 1.82) is 0 Å². The Kier molecular flexibility index (Phi) is 5.08. The Bertz CT molecular complexity index is 561. The van der Waals surface area contributed by atoms with Gasteiger partial charge >= 0.3 is 0 Å². The number of carbonyl (C=O) groups is 2. The summed E-state index contributed by atoms with van der Waals surface area (Å²) in [6.45, 7) is 5.51. The van der Waals surface area contributed by atoms with Crippen molar-refractivity contribution in [3.8, 4) is 0 Å². The van der Waals surface area contributed by atoms with Crippen LogP contribution in [0, 0.1) is 0 Å². The molecule has 1 aromatic carbocycles. The van der Waals surface area contributed by atoms with Crippen LogP contribution in [0.3, 0.4) is 0 Å². The molecule has 0 saturated carbocycles. The van der Waals surface area contributed by atoms with Crippen molar-refractivity contribution in [3.05, 3.63) is 34.9 Å². The van der Waals surface area contributed by atoms with E-state index in [4.69, 9.17) is 17.3 Å². The van der Waals surface area contributed by atoms with Crippen molar-refractivity contribution in [2.24, 2.45) is 5.73 Å². The Morgan fingerprint density at radius 3 is 2.23 bits per heavy atom. The van der Waals surface area contributed by atoms with E-state index >= 15 is 0 Å². The molecule has 0 spiro atoms. The lowest BCUT2D eigenvalue weighted by Gasteiger charge is -2.37. The highest BCUT2D eigenvalue weighted by Gasteiger charge is 2.31. The van der Waals surface area contributed by atoms with Gasteiger partial charge in [0.1, 0.15) is 0 Å². The lowest BCUT2D eigenvalue weighted by Crippen LogP contribution is -2.57. The quantitative estimate of drug-likeness (QED) is 0.911. The first kappa shape index (κ1) is 16.8. The van der Waals surface area contributed by atoms with Crippen LogP contribution in [0.1, 0.15) is 19.4 Å². The van der Waals surface area contributed by atoms with Crippen molar-refractivity contribution in [2.45, 2.75) is 25.8 Å². The van der Waals surface area contributed by atoms with Gasteiger partial charge < -0.3 is 15.5 Å². The molecule has 0 atom stereocenters. The van der Waals surface area contributed by atoms with Crippen molar-refractivity contribution >= 4 is 23.4 Å². The smallest absolute Gasteiger partial charge is 0.242 e. The number of rotatable bonds is 3.